The van der Waals surface area contributed by atoms with E-state index < -0.39 is 17.6 Å². The maximum atomic E-state index is 13.4. The van der Waals surface area contributed by atoms with Crippen LogP contribution < -0.4 is 16.2 Å². The third-order valence-corrected chi connectivity index (χ3v) is 3.43. The van der Waals surface area contributed by atoms with Gasteiger partial charge in [0.15, 0.2) is 0 Å². The number of amides is 3. The van der Waals surface area contributed by atoms with E-state index in [1.165, 1.54) is 18.2 Å². The molecule has 0 aliphatic rings. The summed E-state index contributed by atoms with van der Waals surface area (Å²) >= 11 is 5.73. The van der Waals surface area contributed by atoms with Crippen LogP contribution in [0.25, 0.3) is 0 Å². The molecular weight excluding hydrogens is 349 g/mol. The van der Waals surface area contributed by atoms with Crippen molar-refractivity contribution in [3.05, 3.63) is 70.5 Å². The monoisotopic (exact) mass is 363 g/mol. The molecule has 2 aromatic carbocycles. The lowest BCUT2D eigenvalue weighted by molar-refractivity contribution is -0.121. The van der Waals surface area contributed by atoms with E-state index in [4.69, 9.17) is 11.6 Å². The molecule has 8 heteroatoms. The zero-order valence-electron chi connectivity index (χ0n) is 13.0. The summed E-state index contributed by atoms with van der Waals surface area (Å²) in [6, 6.07) is 11.7. The second-order valence-corrected chi connectivity index (χ2v) is 5.43. The SMILES string of the molecule is O=C(CCNC(=O)c1ccc(Cl)cc1)NNC(=O)c1ccccc1F. The molecule has 0 fully saturated rings. The zero-order chi connectivity index (χ0) is 18.2. The van der Waals surface area contributed by atoms with Gasteiger partial charge in [0.25, 0.3) is 11.8 Å². The Balaban J connectivity index is 1.72. The molecule has 0 bridgehead atoms. The van der Waals surface area contributed by atoms with Gasteiger partial charge in [-0.25, -0.2) is 4.39 Å². The quantitative estimate of drug-likeness (QED) is 0.711. The molecule has 0 radical (unpaired) electrons. The van der Waals surface area contributed by atoms with Crippen LogP contribution in [-0.2, 0) is 4.79 Å². The first-order valence-corrected chi connectivity index (χ1v) is 7.72. The summed E-state index contributed by atoms with van der Waals surface area (Å²) in [5.41, 5.74) is 4.50. The van der Waals surface area contributed by atoms with Crippen molar-refractivity contribution in [2.75, 3.05) is 6.54 Å². The third kappa shape index (κ3) is 5.58. The number of carbonyl (C=O) groups is 3. The van der Waals surface area contributed by atoms with Gasteiger partial charge in [0, 0.05) is 23.6 Å². The number of carbonyl (C=O) groups excluding carboxylic acids is 3. The smallest absolute Gasteiger partial charge is 0.272 e. The number of benzene rings is 2. The molecule has 0 saturated heterocycles. The van der Waals surface area contributed by atoms with E-state index in [1.807, 2.05) is 0 Å². The van der Waals surface area contributed by atoms with Gasteiger partial charge in [0.1, 0.15) is 5.82 Å². The molecule has 2 rings (SSSR count). The van der Waals surface area contributed by atoms with Gasteiger partial charge in [-0.3, -0.25) is 25.2 Å². The zero-order valence-corrected chi connectivity index (χ0v) is 13.8. The molecule has 3 amide bonds. The number of halogens is 2. The predicted molar refractivity (Wildman–Crippen MR) is 90.4 cm³/mol. The minimum absolute atomic E-state index is 0.0586. The molecule has 2 aromatic rings. The minimum Gasteiger partial charge on any atom is -0.352 e. The minimum atomic E-state index is -0.767. The summed E-state index contributed by atoms with van der Waals surface area (Å²) in [6.45, 7) is 0.0723. The van der Waals surface area contributed by atoms with Crippen LogP contribution in [0.3, 0.4) is 0 Å². The normalized spacial score (nSPS) is 10.0. The second kappa shape index (κ2) is 8.79. The Kier molecular flexibility index (Phi) is 6.47. The highest BCUT2D eigenvalue weighted by atomic mass is 35.5. The fourth-order valence-corrected chi connectivity index (χ4v) is 2.02. The van der Waals surface area contributed by atoms with Crippen molar-refractivity contribution in [3.63, 3.8) is 0 Å². The number of nitrogens with one attached hydrogen (secondary N) is 3. The lowest BCUT2D eigenvalue weighted by Crippen LogP contribution is -2.43. The van der Waals surface area contributed by atoms with Crippen LogP contribution in [0.1, 0.15) is 27.1 Å². The largest absolute Gasteiger partial charge is 0.352 e. The van der Waals surface area contributed by atoms with E-state index in [2.05, 4.69) is 16.2 Å². The van der Waals surface area contributed by atoms with Crippen molar-refractivity contribution in [2.45, 2.75) is 6.42 Å². The first-order chi connectivity index (χ1) is 12.0. The molecular formula is C17H15ClFN3O3. The van der Waals surface area contributed by atoms with Crippen molar-refractivity contribution in [1.82, 2.24) is 16.2 Å². The Morgan fingerprint density at radius 2 is 1.60 bits per heavy atom. The number of hydrogen-bond donors (Lipinski definition) is 3. The molecule has 0 atom stereocenters. The van der Waals surface area contributed by atoms with E-state index in [0.717, 1.165) is 6.07 Å². The van der Waals surface area contributed by atoms with Crippen LogP contribution >= 0.6 is 11.6 Å². The molecule has 0 heterocycles. The fourth-order valence-electron chi connectivity index (χ4n) is 1.89. The molecule has 0 aliphatic carbocycles. The lowest BCUT2D eigenvalue weighted by Gasteiger charge is -2.08. The summed E-state index contributed by atoms with van der Waals surface area (Å²) in [5, 5.41) is 3.08. The predicted octanol–water partition coefficient (Wildman–Crippen LogP) is 2.06. The summed E-state index contributed by atoms with van der Waals surface area (Å²) < 4.78 is 13.4. The topological polar surface area (TPSA) is 87.3 Å². The highest BCUT2D eigenvalue weighted by Crippen LogP contribution is 2.09. The van der Waals surface area contributed by atoms with Gasteiger partial charge < -0.3 is 5.32 Å². The van der Waals surface area contributed by atoms with E-state index >= 15 is 0 Å². The molecule has 130 valence electrons. The van der Waals surface area contributed by atoms with Crippen molar-refractivity contribution in [1.29, 1.82) is 0 Å². The van der Waals surface area contributed by atoms with Crippen LogP contribution in [0.2, 0.25) is 5.02 Å². The molecule has 0 aromatic heterocycles. The van der Waals surface area contributed by atoms with E-state index in [-0.39, 0.29) is 24.4 Å². The lowest BCUT2D eigenvalue weighted by atomic mass is 10.2. The van der Waals surface area contributed by atoms with Crippen LogP contribution in [0.5, 0.6) is 0 Å². The summed E-state index contributed by atoms with van der Waals surface area (Å²) in [6.07, 6.45) is -0.0586. The van der Waals surface area contributed by atoms with Crippen LogP contribution in [0.15, 0.2) is 48.5 Å². The Labute approximate surface area is 148 Å². The van der Waals surface area contributed by atoms with Gasteiger partial charge in [-0.2, -0.15) is 0 Å². The Morgan fingerprint density at radius 1 is 0.920 bits per heavy atom. The summed E-state index contributed by atoms with van der Waals surface area (Å²) in [4.78, 5) is 35.2. The van der Waals surface area contributed by atoms with E-state index in [9.17, 15) is 18.8 Å². The average Bonchev–Trinajstić information content (AvgIpc) is 2.60. The highest BCUT2D eigenvalue weighted by Gasteiger charge is 2.12. The van der Waals surface area contributed by atoms with Crippen molar-refractivity contribution < 1.29 is 18.8 Å². The Bertz CT molecular complexity index is 781. The average molecular weight is 364 g/mol. The van der Waals surface area contributed by atoms with Crippen LogP contribution in [0.4, 0.5) is 4.39 Å². The van der Waals surface area contributed by atoms with Gasteiger partial charge in [-0.15, -0.1) is 0 Å². The molecule has 0 unspecified atom stereocenters. The van der Waals surface area contributed by atoms with Gasteiger partial charge >= 0.3 is 0 Å². The standard InChI is InChI=1S/C17H15ClFN3O3/c18-12-7-5-11(6-8-12)16(24)20-10-9-15(23)21-22-17(25)13-3-1-2-4-14(13)19/h1-8H,9-10H2,(H,20,24)(H,21,23)(H,22,25). The highest BCUT2D eigenvalue weighted by molar-refractivity contribution is 6.30. The molecule has 0 aliphatic heterocycles. The molecule has 25 heavy (non-hydrogen) atoms. The number of hydrazine groups is 1. The fraction of sp³-hybridized carbons (Fsp3) is 0.118. The van der Waals surface area contributed by atoms with Crippen LogP contribution in [-0.4, -0.2) is 24.3 Å². The van der Waals surface area contributed by atoms with Crippen molar-refractivity contribution in [3.8, 4) is 0 Å². The van der Waals surface area contributed by atoms with Crippen LogP contribution in [0, 0.1) is 5.82 Å². The molecule has 3 N–H and O–H groups in total. The first-order valence-electron chi connectivity index (χ1n) is 7.35. The van der Waals surface area contributed by atoms with E-state index in [1.54, 1.807) is 24.3 Å². The number of rotatable bonds is 5. The third-order valence-electron chi connectivity index (χ3n) is 3.18. The van der Waals surface area contributed by atoms with Gasteiger partial charge in [0.2, 0.25) is 5.91 Å². The van der Waals surface area contributed by atoms with E-state index in [0.29, 0.717) is 10.6 Å². The first kappa shape index (κ1) is 18.4. The molecule has 0 saturated carbocycles. The van der Waals surface area contributed by atoms with Crippen molar-refractivity contribution >= 4 is 29.3 Å². The Morgan fingerprint density at radius 3 is 2.28 bits per heavy atom. The molecule has 0 spiro atoms. The summed E-state index contributed by atoms with van der Waals surface area (Å²) in [7, 11) is 0. The maximum Gasteiger partial charge on any atom is 0.272 e. The van der Waals surface area contributed by atoms with Gasteiger partial charge in [0.05, 0.1) is 5.56 Å². The van der Waals surface area contributed by atoms with Crippen molar-refractivity contribution in [2.24, 2.45) is 0 Å². The second-order valence-electron chi connectivity index (χ2n) is 4.99. The number of hydrogen-bond acceptors (Lipinski definition) is 3. The van der Waals surface area contributed by atoms with Gasteiger partial charge in [-0.05, 0) is 36.4 Å². The Hall–Kier alpha value is -2.93. The molecule has 6 nitrogen and oxygen atoms in total. The summed E-state index contributed by atoms with van der Waals surface area (Å²) in [5.74, 6) is -2.33. The maximum absolute atomic E-state index is 13.4. The van der Waals surface area contributed by atoms with Gasteiger partial charge in [-0.1, -0.05) is 23.7 Å².